The number of halogens is 1. The molecule has 8 heteroatoms. The zero-order valence-corrected chi connectivity index (χ0v) is 16.2. The van der Waals surface area contributed by atoms with Gasteiger partial charge in [-0.3, -0.25) is 4.79 Å². The second-order valence-corrected chi connectivity index (χ2v) is 8.33. The summed E-state index contributed by atoms with van der Waals surface area (Å²) in [5.41, 5.74) is 1.68. The molecule has 0 aliphatic heterocycles. The van der Waals surface area contributed by atoms with Crippen LogP contribution in [0.3, 0.4) is 0 Å². The fraction of sp³-hybridized carbons (Fsp3) is 0.294. The zero-order valence-electron chi connectivity index (χ0n) is 13.8. The molecule has 1 amide bonds. The van der Waals surface area contributed by atoms with Crippen molar-refractivity contribution < 1.29 is 4.79 Å². The van der Waals surface area contributed by atoms with Crippen LogP contribution in [-0.2, 0) is 17.6 Å². The van der Waals surface area contributed by atoms with E-state index < -0.39 is 0 Å². The predicted molar refractivity (Wildman–Crippen MR) is 103 cm³/mol. The Labute approximate surface area is 159 Å². The van der Waals surface area contributed by atoms with Crippen molar-refractivity contribution in [2.24, 2.45) is 5.92 Å². The van der Waals surface area contributed by atoms with Crippen molar-refractivity contribution in [1.82, 2.24) is 15.2 Å². The summed E-state index contributed by atoms with van der Waals surface area (Å²) >= 11 is 8.92. The molecule has 2 heterocycles. The molecular formula is C17H17ClN4OS2. The summed E-state index contributed by atoms with van der Waals surface area (Å²) in [5, 5.41) is 15.8. The quantitative estimate of drug-likeness (QED) is 0.660. The normalized spacial score (nSPS) is 11.0. The molecule has 0 aliphatic rings. The number of benzene rings is 1. The molecule has 0 radical (unpaired) electrons. The van der Waals surface area contributed by atoms with Crippen molar-refractivity contribution in [3.8, 4) is 10.6 Å². The van der Waals surface area contributed by atoms with Gasteiger partial charge in [-0.2, -0.15) is 0 Å². The summed E-state index contributed by atoms with van der Waals surface area (Å²) in [6.07, 6.45) is 1.07. The fourth-order valence-corrected chi connectivity index (χ4v) is 4.18. The van der Waals surface area contributed by atoms with Gasteiger partial charge in [0.2, 0.25) is 11.0 Å². The number of rotatable bonds is 6. The lowest BCUT2D eigenvalue weighted by atomic mass is 10.1. The molecule has 0 unspecified atom stereocenters. The van der Waals surface area contributed by atoms with E-state index in [4.69, 9.17) is 11.6 Å². The van der Waals surface area contributed by atoms with Crippen LogP contribution >= 0.6 is 34.3 Å². The number of hydrogen-bond acceptors (Lipinski definition) is 6. The average molecular weight is 393 g/mol. The van der Waals surface area contributed by atoms with Gasteiger partial charge in [0.15, 0.2) is 0 Å². The summed E-state index contributed by atoms with van der Waals surface area (Å²) in [5.74, 6) is 0.367. The molecule has 130 valence electrons. The van der Waals surface area contributed by atoms with Crippen molar-refractivity contribution in [3.63, 3.8) is 0 Å². The van der Waals surface area contributed by atoms with Gasteiger partial charge in [-0.05, 0) is 18.1 Å². The molecule has 0 fully saturated rings. The zero-order chi connectivity index (χ0) is 17.8. The molecule has 0 saturated carbocycles. The Morgan fingerprint density at radius 2 is 2.16 bits per heavy atom. The van der Waals surface area contributed by atoms with E-state index in [-0.39, 0.29) is 12.3 Å². The van der Waals surface area contributed by atoms with Crippen LogP contribution in [-0.4, -0.2) is 21.1 Å². The minimum absolute atomic E-state index is 0.143. The van der Waals surface area contributed by atoms with E-state index in [1.807, 2.05) is 29.6 Å². The monoisotopic (exact) mass is 392 g/mol. The minimum atomic E-state index is -0.143. The number of anilines is 1. The van der Waals surface area contributed by atoms with E-state index in [1.54, 1.807) is 0 Å². The van der Waals surface area contributed by atoms with Crippen LogP contribution in [0.5, 0.6) is 0 Å². The number of nitrogens with one attached hydrogen (secondary N) is 1. The highest BCUT2D eigenvalue weighted by atomic mass is 35.5. The Kier molecular flexibility index (Phi) is 5.78. The molecule has 0 aliphatic carbocycles. The Balaban J connectivity index is 1.61. The van der Waals surface area contributed by atoms with E-state index in [9.17, 15) is 4.79 Å². The topological polar surface area (TPSA) is 67.8 Å². The molecule has 1 N–H and O–H groups in total. The Morgan fingerprint density at radius 3 is 2.92 bits per heavy atom. The highest BCUT2D eigenvalue weighted by Crippen LogP contribution is 2.26. The van der Waals surface area contributed by atoms with Crippen LogP contribution in [0.1, 0.15) is 24.5 Å². The molecule has 3 rings (SSSR count). The summed E-state index contributed by atoms with van der Waals surface area (Å²) in [6, 6.07) is 7.52. The highest BCUT2D eigenvalue weighted by Gasteiger charge is 2.12. The SMILES string of the molecule is CC(C)Cc1nnc(NC(=O)Cc2csc(-c3cccc(Cl)c3)n2)s1. The van der Waals surface area contributed by atoms with Gasteiger partial charge in [0.05, 0.1) is 12.1 Å². The van der Waals surface area contributed by atoms with Crippen LogP contribution in [0, 0.1) is 5.92 Å². The standard InChI is InChI=1S/C17H17ClN4OS2/c1-10(2)6-15-21-22-17(25-15)20-14(23)8-13-9-24-16(19-13)11-4-3-5-12(18)7-11/h3-5,7,9-10H,6,8H2,1-2H3,(H,20,22,23). The van der Waals surface area contributed by atoms with Crippen LogP contribution in [0.15, 0.2) is 29.6 Å². The minimum Gasteiger partial charge on any atom is -0.300 e. The third-order valence-corrected chi connectivity index (χ3v) is 5.30. The number of nitrogens with zero attached hydrogens (tertiary/aromatic N) is 3. The number of carbonyl (C=O) groups excluding carboxylic acids is 1. The van der Waals surface area contributed by atoms with Gasteiger partial charge in [0.1, 0.15) is 10.0 Å². The smallest absolute Gasteiger partial charge is 0.232 e. The summed E-state index contributed by atoms with van der Waals surface area (Å²) in [4.78, 5) is 16.7. The molecule has 0 atom stereocenters. The highest BCUT2D eigenvalue weighted by molar-refractivity contribution is 7.15. The van der Waals surface area contributed by atoms with Crippen molar-refractivity contribution >= 4 is 45.3 Å². The first-order chi connectivity index (χ1) is 12.0. The molecule has 3 aromatic rings. The van der Waals surface area contributed by atoms with Gasteiger partial charge in [-0.25, -0.2) is 4.98 Å². The van der Waals surface area contributed by atoms with Crippen LogP contribution in [0.4, 0.5) is 5.13 Å². The molecule has 25 heavy (non-hydrogen) atoms. The Bertz CT molecular complexity index is 875. The molecular weight excluding hydrogens is 376 g/mol. The van der Waals surface area contributed by atoms with Crippen molar-refractivity contribution in [1.29, 1.82) is 0 Å². The molecule has 0 spiro atoms. The molecule has 0 saturated heterocycles. The first kappa shape index (κ1) is 18.0. The maximum absolute atomic E-state index is 12.2. The number of amides is 1. The lowest BCUT2D eigenvalue weighted by molar-refractivity contribution is -0.115. The number of thiazole rings is 1. The maximum atomic E-state index is 12.2. The summed E-state index contributed by atoms with van der Waals surface area (Å²) in [7, 11) is 0. The van der Waals surface area contributed by atoms with Gasteiger partial charge in [-0.1, -0.05) is 48.9 Å². The number of hydrogen-bond donors (Lipinski definition) is 1. The third-order valence-electron chi connectivity index (χ3n) is 3.26. The molecule has 2 aromatic heterocycles. The Morgan fingerprint density at radius 1 is 1.32 bits per heavy atom. The number of aromatic nitrogens is 3. The second-order valence-electron chi connectivity index (χ2n) is 5.98. The van der Waals surface area contributed by atoms with E-state index >= 15 is 0 Å². The lowest BCUT2D eigenvalue weighted by Crippen LogP contribution is -2.14. The molecule has 0 bridgehead atoms. The molecule has 5 nitrogen and oxygen atoms in total. The lowest BCUT2D eigenvalue weighted by Gasteiger charge is -1.99. The summed E-state index contributed by atoms with van der Waals surface area (Å²) in [6.45, 7) is 4.25. The van der Waals surface area contributed by atoms with Gasteiger partial charge in [0, 0.05) is 22.4 Å². The van der Waals surface area contributed by atoms with Gasteiger partial charge in [-0.15, -0.1) is 21.5 Å². The molecule has 1 aromatic carbocycles. The predicted octanol–water partition coefficient (Wildman–Crippen LogP) is 4.69. The summed E-state index contributed by atoms with van der Waals surface area (Å²) < 4.78 is 0. The Hall–Kier alpha value is -1.83. The van der Waals surface area contributed by atoms with Gasteiger partial charge >= 0.3 is 0 Å². The second kappa shape index (κ2) is 8.03. The van der Waals surface area contributed by atoms with E-state index in [0.29, 0.717) is 16.1 Å². The van der Waals surface area contributed by atoms with E-state index in [1.165, 1.54) is 22.7 Å². The van der Waals surface area contributed by atoms with Gasteiger partial charge < -0.3 is 5.32 Å². The van der Waals surface area contributed by atoms with E-state index in [0.717, 1.165) is 27.7 Å². The van der Waals surface area contributed by atoms with Crippen molar-refractivity contribution in [2.75, 3.05) is 5.32 Å². The largest absolute Gasteiger partial charge is 0.300 e. The first-order valence-electron chi connectivity index (χ1n) is 7.82. The fourth-order valence-electron chi connectivity index (χ4n) is 2.21. The van der Waals surface area contributed by atoms with Crippen molar-refractivity contribution in [3.05, 3.63) is 45.4 Å². The number of carbonyl (C=O) groups is 1. The van der Waals surface area contributed by atoms with Crippen LogP contribution < -0.4 is 5.32 Å². The van der Waals surface area contributed by atoms with Crippen LogP contribution in [0.25, 0.3) is 10.6 Å². The maximum Gasteiger partial charge on any atom is 0.232 e. The van der Waals surface area contributed by atoms with E-state index in [2.05, 4.69) is 34.3 Å². The average Bonchev–Trinajstić information content (AvgIpc) is 3.16. The van der Waals surface area contributed by atoms with Crippen LogP contribution in [0.2, 0.25) is 5.02 Å². The first-order valence-corrected chi connectivity index (χ1v) is 9.89. The third kappa shape index (κ3) is 5.07. The van der Waals surface area contributed by atoms with Gasteiger partial charge in [0.25, 0.3) is 0 Å². The van der Waals surface area contributed by atoms with Crippen molar-refractivity contribution in [2.45, 2.75) is 26.7 Å².